The summed E-state index contributed by atoms with van der Waals surface area (Å²) in [5.74, 6) is 0.0832. The van der Waals surface area contributed by atoms with Crippen molar-refractivity contribution in [3.05, 3.63) is 239 Å². The molecule has 9 aromatic carbocycles. The van der Waals surface area contributed by atoms with Gasteiger partial charge in [0.05, 0.1) is 0 Å². The Kier molecular flexibility index (Phi) is 7.49. The topological polar surface area (TPSA) is 0 Å². The van der Waals surface area contributed by atoms with Gasteiger partial charge in [0.1, 0.15) is 0 Å². The summed E-state index contributed by atoms with van der Waals surface area (Å²) < 4.78 is 0. The van der Waals surface area contributed by atoms with E-state index in [0.29, 0.717) is 0 Å². The summed E-state index contributed by atoms with van der Waals surface area (Å²) in [5, 5.41) is 2.64. The normalized spacial score (nSPS) is 12.4. The van der Waals surface area contributed by atoms with Gasteiger partial charge in [0.2, 0.25) is 0 Å². The summed E-state index contributed by atoms with van der Waals surface area (Å²) in [6.07, 6.45) is 1.91. The molecule has 0 heterocycles. The third-order valence-electron chi connectivity index (χ3n) is 12.1. The molecule has 0 aromatic heterocycles. The Bertz CT molecular complexity index is 2800. The van der Waals surface area contributed by atoms with Crippen molar-refractivity contribution >= 4 is 10.8 Å². The summed E-state index contributed by atoms with van der Waals surface area (Å²) in [5.41, 5.74) is 22.9. The average molecular weight is 699 g/mol. The second-order valence-electron chi connectivity index (χ2n) is 15.2. The number of benzene rings is 9. The molecule has 0 heteroatoms. The van der Waals surface area contributed by atoms with Crippen LogP contribution in [0.2, 0.25) is 0 Å². The van der Waals surface area contributed by atoms with E-state index in [-0.39, 0.29) is 5.92 Å². The quantitative estimate of drug-likeness (QED) is 0.152. The van der Waals surface area contributed by atoms with E-state index in [1.807, 2.05) is 0 Å². The van der Waals surface area contributed by atoms with Gasteiger partial charge in [-0.2, -0.15) is 0 Å². The molecule has 0 saturated heterocycles. The van der Waals surface area contributed by atoms with Gasteiger partial charge in [0.25, 0.3) is 0 Å². The molecular weight excluding hydrogens is 661 g/mol. The van der Waals surface area contributed by atoms with E-state index in [1.165, 1.54) is 105 Å². The summed E-state index contributed by atoms with van der Waals surface area (Å²) in [7, 11) is 0. The molecule has 0 atom stereocenters. The van der Waals surface area contributed by atoms with Crippen LogP contribution in [0.1, 0.15) is 44.9 Å². The third-order valence-corrected chi connectivity index (χ3v) is 12.1. The van der Waals surface area contributed by atoms with Crippen LogP contribution in [0.25, 0.3) is 66.4 Å². The van der Waals surface area contributed by atoms with Crippen LogP contribution in [0.5, 0.6) is 0 Å². The molecule has 0 fully saturated rings. The number of rotatable bonds is 6. The van der Waals surface area contributed by atoms with Gasteiger partial charge in [-0.15, -0.1) is 0 Å². The minimum Gasteiger partial charge on any atom is -0.0622 e. The lowest BCUT2D eigenvalue weighted by atomic mass is 9.82. The highest BCUT2D eigenvalue weighted by atomic mass is 14.3. The van der Waals surface area contributed by atoms with Crippen molar-refractivity contribution in [1.29, 1.82) is 0 Å². The van der Waals surface area contributed by atoms with Crippen LogP contribution >= 0.6 is 0 Å². The highest BCUT2D eigenvalue weighted by molar-refractivity contribution is 6.06. The fourth-order valence-corrected chi connectivity index (χ4v) is 9.46. The Balaban J connectivity index is 1.06. The van der Waals surface area contributed by atoms with Crippen LogP contribution < -0.4 is 0 Å². The molecular formula is C55H38. The van der Waals surface area contributed by atoms with E-state index in [9.17, 15) is 0 Å². The molecule has 11 rings (SSSR count). The maximum Gasteiger partial charge on any atom is 0.0340 e. The second kappa shape index (κ2) is 13.0. The van der Waals surface area contributed by atoms with Crippen LogP contribution in [0.15, 0.2) is 200 Å². The molecule has 2 aliphatic carbocycles. The molecule has 0 radical (unpaired) electrons. The molecule has 55 heavy (non-hydrogen) atoms. The summed E-state index contributed by atoms with van der Waals surface area (Å²) in [6.45, 7) is 0. The summed E-state index contributed by atoms with van der Waals surface area (Å²) >= 11 is 0. The van der Waals surface area contributed by atoms with Crippen LogP contribution in [0, 0.1) is 0 Å². The van der Waals surface area contributed by atoms with Crippen LogP contribution in [-0.2, 0) is 12.8 Å². The molecule has 0 bridgehead atoms. The SMILES string of the molecule is c1ccc(-c2ccc(C(c3ccc(-c4ccccc4)cc3)c3ccc4c(c3)-c3cc5ccccc5c(-c5cccc6c5Cc5ccccc5-6)c3C4)cc2)cc1. The Morgan fingerprint density at radius 3 is 1.55 bits per heavy atom. The van der Waals surface area contributed by atoms with Gasteiger partial charge in [-0.1, -0.05) is 188 Å². The molecule has 0 amide bonds. The first kappa shape index (κ1) is 31.7. The van der Waals surface area contributed by atoms with Crippen molar-refractivity contribution < 1.29 is 0 Å². The van der Waals surface area contributed by atoms with Crippen molar-refractivity contribution in [1.82, 2.24) is 0 Å². The number of hydrogen-bond acceptors (Lipinski definition) is 0. The van der Waals surface area contributed by atoms with Gasteiger partial charge < -0.3 is 0 Å². The van der Waals surface area contributed by atoms with Gasteiger partial charge in [-0.3, -0.25) is 0 Å². The van der Waals surface area contributed by atoms with Crippen molar-refractivity contribution in [2.75, 3.05) is 0 Å². The Labute approximate surface area is 323 Å². The third kappa shape index (κ3) is 5.37. The van der Waals surface area contributed by atoms with Crippen LogP contribution in [0.4, 0.5) is 0 Å². The van der Waals surface area contributed by atoms with E-state index in [0.717, 1.165) is 12.8 Å². The largest absolute Gasteiger partial charge is 0.0622 e. The van der Waals surface area contributed by atoms with Crippen molar-refractivity contribution in [3.63, 3.8) is 0 Å². The van der Waals surface area contributed by atoms with Gasteiger partial charge in [0.15, 0.2) is 0 Å². The van der Waals surface area contributed by atoms with Crippen molar-refractivity contribution in [2.45, 2.75) is 18.8 Å². The second-order valence-corrected chi connectivity index (χ2v) is 15.2. The van der Waals surface area contributed by atoms with Gasteiger partial charge in [-0.25, -0.2) is 0 Å². The molecule has 0 aliphatic heterocycles. The van der Waals surface area contributed by atoms with Crippen molar-refractivity contribution in [2.24, 2.45) is 0 Å². The minimum absolute atomic E-state index is 0.0832. The molecule has 9 aromatic rings. The Hall–Kier alpha value is -6.76. The Morgan fingerprint density at radius 1 is 0.309 bits per heavy atom. The lowest BCUT2D eigenvalue weighted by molar-refractivity contribution is 0.977. The smallest absolute Gasteiger partial charge is 0.0340 e. The first-order valence-electron chi connectivity index (χ1n) is 19.5. The van der Waals surface area contributed by atoms with E-state index in [1.54, 1.807) is 0 Å². The fraction of sp³-hybridized carbons (Fsp3) is 0.0545. The standard InChI is InChI=1S/C55H38/c1-3-12-36(13-4-1)38-22-26-40(27-23-38)54(41-28-24-39(25-29-41)37-14-5-2-6-15-37)45-31-30-44-34-53-52(50(44)35-45)33-43-17-8-10-19-47(43)55(53)49-21-11-20-48-46-18-9-7-16-42(46)32-51(48)49/h1-31,33,35,54H,32,34H2. The zero-order valence-electron chi connectivity index (χ0n) is 30.5. The summed E-state index contributed by atoms with van der Waals surface area (Å²) in [4.78, 5) is 0. The lowest BCUT2D eigenvalue weighted by Gasteiger charge is -2.21. The van der Waals surface area contributed by atoms with Gasteiger partial charge in [0, 0.05) is 5.92 Å². The van der Waals surface area contributed by atoms with E-state index >= 15 is 0 Å². The maximum absolute atomic E-state index is 2.51. The van der Waals surface area contributed by atoms with Crippen LogP contribution in [0.3, 0.4) is 0 Å². The zero-order chi connectivity index (χ0) is 36.3. The highest BCUT2D eigenvalue weighted by Crippen LogP contribution is 2.50. The van der Waals surface area contributed by atoms with E-state index < -0.39 is 0 Å². The van der Waals surface area contributed by atoms with Gasteiger partial charge in [-0.05, 0) is 130 Å². The molecule has 0 nitrogen and oxygen atoms in total. The average Bonchev–Trinajstić information content (AvgIpc) is 3.82. The highest BCUT2D eigenvalue weighted by Gasteiger charge is 2.29. The van der Waals surface area contributed by atoms with Gasteiger partial charge >= 0.3 is 0 Å². The monoisotopic (exact) mass is 698 g/mol. The molecule has 258 valence electrons. The molecule has 0 saturated carbocycles. The predicted octanol–water partition coefficient (Wildman–Crippen LogP) is 14.2. The maximum atomic E-state index is 2.51. The molecule has 0 N–H and O–H groups in total. The Morgan fingerprint density at radius 2 is 0.836 bits per heavy atom. The fourth-order valence-electron chi connectivity index (χ4n) is 9.46. The lowest BCUT2D eigenvalue weighted by Crippen LogP contribution is -2.04. The first-order valence-corrected chi connectivity index (χ1v) is 19.5. The van der Waals surface area contributed by atoms with Crippen molar-refractivity contribution in [3.8, 4) is 55.6 Å². The molecule has 0 unspecified atom stereocenters. The first-order chi connectivity index (χ1) is 27.3. The van der Waals surface area contributed by atoms with Crippen LogP contribution in [-0.4, -0.2) is 0 Å². The summed E-state index contributed by atoms with van der Waals surface area (Å²) in [6, 6.07) is 74.5. The van der Waals surface area contributed by atoms with E-state index in [2.05, 4.69) is 200 Å². The predicted molar refractivity (Wildman–Crippen MR) is 231 cm³/mol. The van der Waals surface area contributed by atoms with E-state index in [4.69, 9.17) is 0 Å². The molecule has 0 spiro atoms. The number of hydrogen-bond donors (Lipinski definition) is 0. The zero-order valence-corrected chi connectivity index (χ0v) is 30.5. The minimum atomic E-state index is 0.0832. The molecule has 2 aliphatic rings. The number of fused-ring (bicyclic) bond motifs is 7.